The standard InChI is InChI=1S/C15H19FN2O2/c1-10-8-11(4-5-12(10)16)13(19)18-7-6-15(2,9-18)14(20)17-3/h4-5,8H,6-7,9H2,1-3H3,(H,17,20). The number of amides is 2. The molecule has 1 aliphatic rings. The maximum absolute atomic E-state index is 13.2. The fraction of sp³-hybridized carbons (Fsp3) is 0.467. The highest BCUT2D eigenvalue weighted by Crippen LogP contribution is 2.31. The van der Waals surface area contributed by atoms with Crippen LogP contribution in [0.3, 0.4) is 0 Å². The SMILES string of the molecule is CNC(=O)C1(C)CCN(C(=O)c2ccc(F)c(C)c2)C1. The van der Waals surface area contributed by atoms with Crippen molar-refractivity contribution in [2.45, 2.75) is 20.3 Å². The zero-order chi connectivity index (χ0) is 14.9. The molecule has 1 N–H and O–H groups in total. The maximum Gasteiger partial charge on any atom is 0.253 e. The molecule has 1 heterocycles. The number of likely N-dealkylation sites (tertiary alicyclic amines) is 1. The first-order valence-electron chi connectivity index (χ1n) is 6.65. The lowest BCUT2D eigenvalue weighted by molar-refractivity contribution is -0.128. The van der Waals surface area contributed by atoms with E-state index in [-0.39, 0.29) is 17.6 Å². The van der Waals surface area contributed by atoms with E-state index >= 15 is 0 Å². The number of carbonyl (C=O) groups is 2. The monoisotopic (exact) mass is 278 g/mol. The molecular weight excluding hydrogens is 259 g/mol. The molecule has 0 bridgehead atoms. The molecule has 1 aromatic carbocycles. The molecule has 1 saturated heterocycles. The third-order valence-electron chi connectivity index (χ3n) is 3.94. The topological polar surface area (TPSA) is 49.4 Å². The first-order chi connectivity index (χ1) is 9.37. The third kappa shape index (κ3) is 2.53. The fourth-order valence-corrected chi connectivity index (χ4v) is 2.58. The minimum Gasteiger partial charge on any atom is -0.359 e. The second-order valence-electron chi connectivity index (χ2n) is 5.58. The molecule has 0 spiro atoms. The summed E-state index contributed by atoms with van der Waals surface area (Å²) in [5, 5.41) is 2.64. The Labute approximate surface area is 118 Å². The Kier molecular flexibility index (Phi) is 3.79. The Morgan fingerprint density at radius 1 is 1.40 bits per heavy atom. The number of halogens is 1. The molecule has 2 rings (SSSR count). The van der Waals surface area contributed by atoms with Crippen LogP contribution in [0.25, 0.3) is 0 Å². The number of rotatable bonds is 2. The molecule has 0 radical (unpaired) electrons. The molecule has 20 heavy (non-hydrogen) atoms. The maximum atomic E-state index is 13.2. The minimum absolute atomic E-state index is 0.0527. The predicted octanol–water partition coefficient (Wildman–Crippen LogP) is 1.73. The Balaban J connectivity index is 2.15. The summed E-state index contributed by atoms with van der Waals surface area (Å²) in [6.07, 6.45) is 0.637. The lowest BCUT2D eigenvalue weighted by Crippen LogP contribution is -2.40. The van der Waals surface area contributed by atoms with Crippen molar-refractivity contribution < 1.29 is 14.0 Å². The second kappa shape index (κ2) is 5.23. The van der Waals surface area contributed by atoms with Crippen molar-refractivity contribution in [2.75, 3.05) is 20.1 Å². The van der Waals surface area contributed by atoms with E-state index in [9.17, 15) is 14.0 Å². The molecule has 1 unspecified atom stereocenters. The smallest absolute Gasteiger partial charge is 0.253 e. The number of benzene rings is 1. The Morgan fingerprint density at radius 3 is 2.70 bits per heavy atom. The summed E-state index contributed by atoms with van der Waals surface area (Å²) in [6.45, 7) is 4.42. The summed E-state index contributed by atoms with van der Waals surface area (Å²) < 4.78 is 13.2. The molecule has 2 amide bonds. The zero-order valence-corrected chi connectivity index (χ0v) is 12.0. The largest absolute Gasteiger partial charge is 0.359 e. The number of aryl methyl sites for hydroxylation is 1. The molecule has 1 aliphatic heterocycles. The molecule has 4 nitrogen and oxygen atoms in total. The van der Waals surface area contributed by atoms with Crippen LogP contribution in [-0.2, 0) is 4.79 Å². The first-order valence-corrected chi connectivity index (χ1v) is 6.65. The fourth-order valence-electron chi connectivity index (χ4n) is 2.58. The van der Waals surface area contributed by atoms with Crippen molar-refractivity contribution in [3.63, 3.8) is 0 Å². The average molecular weight is 278 g/mol. The van der Waals surface area contributed by atoms with Gasteiger partial charge in [-0.3, -0.25) is 9.59 Å². The van der Waals surface area contributed by atoms with E-state index < -0.39 is 5.41 Å². The molecule has 108 valence electrons. The van der Waals surface area contributed by atoms with Gasteiger partial charge in [0.25, 0.3) is 5.91 Å². The van der Waals surface area contributed by atoms with Gasteiger partial charge in [-0.2, -0.15) is 0 Å². The van der Waals surface area contributed by atoms with E-state index in [1.807, 2.05) is 6.92 Å². The summed E-state index contributed by atoms with van der Waals surface area (Å²) in [7, 11) is 1.60. The van der Waals surface area contributed by atoms with Crippen molar-refractivity contribution >= 4 is 11.8 Å². The summed E-state index contributed by atoms with van der Waals surface area (Å²) in [5.41, 5.74) is 0.369. The van der Waals surface area contributed by atoms with Gasteiger partial charge in [-0.25, -0.2) is 4.39 Å². The number of carbonyl (C=O) groups excluding carboxylic acids is 2. The van der Waals surface area contributed by atoms with Crippen LogP contribution in [0.5, 0.6) is 0 Å². The van der Waals surface area contributed by atoms with Gasteiger partial charge in [-0.05, 0) is 44.0 Å². The number of hydrogen-bond donors (Lipinski definition) is 1. The van der Waals surface area contributed by atoms with Crippen LogP contribution in [0.2, 0.25) is 0 Å². The minimum atomic E-state index is -0.542. The Hall–Kier alpha value is -1.91. The quantitative estimate of drug-likeness (QED) is 0.895. The van der Waals surface area contributed by atoms with Gasteiger partial charge in [0.1, 0.15) is 5.82 Å². The highest BCUT2D eigenvalue weighted by Gasteiger charge is 2.41. The molecule has 5 heteroatoms. The first kappa shape index (κ1) is 14.5. The number of nitrogens with zero attached hydrogens (tertiary/aromatic N) is 1. The van der Waals surface area contributed by atoms with Crippen molar-refractivity contribution in [2.24, 2.45) is 5.41 Å². The van der Waals surface area contributed by atoms with Crippen LogP contribution in [0.1, 0.15) is 29.3 Å². The van der Waals surface area contributed by atoms with E-state index in [2.05, 4.69) is 5.32 Å². The van der Waals surface area contributed by atoms with Crippen molar-refractivity contribution in [3.05, 3.63) is 35.1 Å². The van der Waals surface area contributed by atoms with E-state index in [1.54, 1.807) is 24.9 Å². The van der Waals surface area contributed by atoms with Gasteiger partial charge in [0.05, 0.1) is 5.41 Å². The lowest BCUT2D eigenvalue weighted by atomic mass is 9.89. The lowest BCUT2D eigenvalue weighted by Gasteiger charge is -2.22. The van der Waals surface area contributed by atoms with E-state index in [1.165, 1.54) is 12.1 Å². The van der Waals surface area contributed by atoms with Gasteiger partial charge >= 0.3 is 0 Å². The predicted molar refractivity (Wildman–Crippen MR) is 73.8 cm³/mol. The summed E-state index contributed by atoms with van der Waals surface area (Å²) >= 11 is 0. The van der Waals surface area contributed by atoms with Gasteiger partial charge in [-0.15, -0.1) is 0 Å². The molecule has 1 atom stereocenters. The zero-order valence-electron chi connectivity index (χ0n) is 12.0. The van der Waals surface area contributed by atoms with Crippen LogP contribution in [0.4, 0.5) is 4.39 Å². The van der Waals surface area contributed by atoms with Crippen LogP contribution in [0, 0.1) is 18.2 Å². The molecule has 1 fully saturated rings. The third-order valence-corrected chi connectivity index (χ3v) is 3.94. The highest BCUT2D eigenvalue weighted by molar-refractivity contribution is 5.95. The highest BCUT2D eigenvalue weighted by atomic mass is 19.1. The van der Waals surface area contributed by atoms with Gasteiger partial charge in [0, 0.05) is 25.7 Å². The normalized spacial score (nSPS) is 21.9. The van der Waals surface area contributed by atoms with Crippen molar-refractivity contribution in [3.8, 4) is 0 Å². The van der Waals surface area contributed by atoms with Crippen molar-refractivity contribution in [1.29, 1.82) is 0 Å². The van der Waals surface area contributed by atoms with Gasteiger partial charge < -0.3 is 10.2 Å². The summed E-state index contributed by atoms with van der Waals surface area (Å²) in [6, 6.07) is 4.34. The molecule has 0 aromatic heterocycles. The van der Waals surface area contributed by atoms with E-state index in [0.717, 1.165) is 0 Å². The van der Waals surface area contributed by atoms with Crippen LogP contribution < -0.4 is 5.32 Å². The van der Waals surface area contributed by atoms with Crippen LogP contribution >= 0.6 is 0 Å². The van der Waals surface area contributed by atoms with Crippen molar-refractivity contribution in [1.82, 2.24) is 10.2 Å². The molecule has 0 saturated carbocycles. The van der Waals surface area contributed by atoms with E-state index in [4.69, 9.17) is 0 Å². The average Bonchev–Trinajstić information content (AvgIpc) is 2.84. The summed E-state index contributed by atoms with van der Waals surface area (Å²) in [5.74, 6) is -0.526. The molecular formula is C15H19FN2O2. The van der Waals surface area contributed by atoms with Crippen LogP contribution in [-0.4, -0.2) is 36.9 Å². The van der Waals surface area contributed by atoms with E-state index in [0.29, 0.717) is 30.6 Å². The second-order valence-corrected chi connectivity index (χ2v) is 5.58. The van der Waals surface area contributed by atoms with Crippen LogP contribution in [0.15, 0.2) is 18.2 Å². The van der Waals surface area contributed by atoms with Gasteiger partial charge in [0.15, 0.2) is 0 Å². The number of hydrogen-bond acceptors (Lipinski definition) is 2. The molecule has 1 aromatic rings. The summed E-state index contributed by atoms with van der Waals surface area (Å²) in [4.78, 5) is 25.9. The Bertz CT molecular complexity index is 559. The Morgan fingerprint density at radius 2 is 2.10 bits per heavy atom. The number of nitrogens with one attached hydrogen (secondary N) is 1. The molecule has 0 aliphatic carbocycles. The van der Waals surface area contributed by atoms with Gasteiger partial charge in [-0.1, -0.05) is 0 Å². The van der Waals surface area contributed by atoms with Gasteiger partial charge in [0.2, 0.25) is 5.91 Å².